The van der Waals surface area contributed by atoms with Gasteiger partial charge in [-0.3, -0.25) is 19.4 Å². The third kappa shape index (κ3) is 4.59. The lowest BCUT2D eigenvalue weighted by molar-refractivity contribution is -0.136. The van der Waals surface area contributed by atoms with Crippen LogP contribution in [0, 0.1) is 5.92 Å². The van der Waals surface area contributed by atoms with Crippen LogP contribution in [0.25, 0.3) is 6.08 Å². The molecule has 3 aromatic rings. The molecule has 0 spiro atoms. The van der Waals surface area contributed by atoms with Gasteiger partial charge in [0.1, 0.15) is 12.3 Å². The molecular formula is C33H30N6O4. The first-order chi connectivity index (χ1) is 21.0. The van der Waals surface area contributed by atoms with Gasteiger partial charge in [-0.2, -0.15) is 10.2 Å². The Morgan fingerprint density at radius 3 is 2.42 bits per heavy atom. The summed E-state index contributed by atoms with van der Waals surface area (Å²) in [6.45, 7) is -0.242. The zero-order chi connectivity index (χ0) is 29.5. The highest BCUT2D eigenvalue weighted by molar-refractivity contribution is 6.26. The minimum absolute atomic E-state index is 0.0405. The second kappa shape index (κ2) is 10.9. The van der Waals surface area contributed by atoms with Gasteiger partial charge in [-0.25, -0.2) is 9.91 Å². The van der Waals surface area contributed by atoms with Crippen LogP contribution < -0.4 is 9.64 Å². The summed E-state index contributed by atoms with van der Waals surface area (Å²) in [5, 5.41) is 16.1. The number of hydrogen-bond acceptors (Lipinski definition) is 8. The number of amides is 3. The zero-order valence-electron chi connectivity index (χ0n) is 23.6. The molecule has 1 saturated carbocycles. The first-order valence-corrected chi connectivity index (χ1v) is 14.4. The number of fused-ring (bicyclic) bond motifs is 2. The molecular weight excluding hydrogens is 544 g/mol. The summed E-state index contributed by atoms with van der Waals surface area (Å²) in [6.07, 6.45) is 4.94. The van der Waals surface area contributed by atoms with Crippen molar-refractivity contribution in [2.45, 2.75) is 37.4 Å². The lowest BCUT2D eigenvalue weighted by Gasteiger charge is -2.30. The third-order valence-corrected chi connectivity index (χ3v) is 8.52. The normalized spacial score (nSPS) is 25.3. The van der Waals surface area contributed by atoms with Crippen molar-refractivity contribution in [3.05, 3.63) is 102 Å². The maximum Gasteiger partial charge on any atom is 0.264 e. The second-order valence-corrected chi connectivity index (χ2v) is 11.0. The van der Waals surface area contributed by atoms with E-state index in [4.69, 9.17) is 9.84 Å². The topological polar surface area (TPSA) is 107 Å². The molecule has 3 heterocycles. The molecule has 3 aromatic carbocycles. The third-order valence-electron chi connectivity index (χ3n) is 8.52. The molecule has 216 valence electrons. The highest BCUT2D eigenvalue weighted by atomic mass is 16.5. The summed E-state index contributed by atoms with van der Waals surface area (Å²) in [5.41, 5.74) is 4.48. The molecule has 10 nitrogen and oxygen atoms in total. The fraction of sp³-hybridized carbons (Fsp3) is 0.273. The summed E-state index contributed by atoms with van der Waals surface area (Å²) in [4.78, 5) is 42.0. The molecule has 4 atom stereocenters. The van der Waals surface area contributed by atoms with Crippen molar-refractivity contribution < 1.29 is 19.1 Å². The molecule has 0 bridgehead atoms. The number of para-hydroxylation sites is 2. The molecule has 0 unspecified atom stereocenters. The van der Waals surface area contributed by atoms with E-state index in [-0.39, 0.29) is 24.4 Å². The number of nitrogens with zero attached hydrogens (tertiary/aromatic N) is 6. The lowest BCUT2D eigenvalue weighted by atomic mass is 9.77. The standard InChI is InChI=1S/C33H30N6O4/c1-43-26-18-9-8-17-25(26)38-32(41)29-31(33(38)42)37(36-34-29)20-27(40)39-30(22-13-6-3-7-14-22)24-16-10-15-23(28(24)35-39)19-21-11-4-2-5-12-21/h2-9,11-14,17-19,24,29-31H,10,15-16,20H2,1H3/b23-19+/t24-,29+,30-,31-/m1/s1. The van der Waals surface area contributed by atoms with Crippen molar-refractivity contribution in [1.82, 2.24) is 10.0 Å². The minimum Gasteiger partial charge on any atom is -0.495 e. The minimum atomic E-state index is -1.02. The highest BCUT2D eigenvalue weighted by Crippen LogP contribution is 2.45. The predicted octanol–water partition coefficient (Wildman–Crippen LogP) is 4.81. The number of carbonyl (C=O) groups excluding carboxylic acids is 3. The molecule has 4 aliphatic rings. The van der Waals surface area contributed by atoms with Gasteiger partial charge in [0, 0.05) is 5.92 Å². The largest absolute Gasteiger partial charge is 0.495 e. The zero-order valence-corrected chi connectivity index (χ0v) is 23.6. The monoisotopic (exact) mass is 574 g/mol. The number of allylic oxidation sites excluding steroid dienone is 1. The Bertz CT molecular complexity index is 1670. The van der Waals surface area contributed by atoms with Crippen LogP contribution in [-0.4, -0.2) is 59.2 Å². The van der Waals surface area contributed by atoms with Crippen LogP contribution >= 0.6 is 0 Å². The Hall–Kier alpha value is -5.12. The number of imide groups is 1. The van der Waals surface area contributed by atoms with Gasteiger partial charge in [-0.05, 0) is 54.2 Å². The van der Waals surface area contributed by atoms with Gasteiger partial charge in [0.2, 0.25) is 0 Å². The van der Waals surface area contributed by atoms with Gasteiger partial charge >= 0.3 is 0 Å². The van der Waals surface area contributed by atoms with Gasteiger partial charge in [-0.15, -0.1) is 0 Å². The van der Waals surface area contributed by atoms with Crippen LogP contribution in [0.4, 0.5) is 5.69 Å². The van der Waals surface area contributed by atoms with E-state index in [1.807, 2.05) is 48.5 Å². The number of hydrogen-bond donors (Lipinski definition) is 0. The van der Waals surface area contributed by atoms with E-state index in [0.29, 0.717) is 11.4 Å². The van der Waals surface area contributed by atoms with Crippen LogP contribution in [-0.2, 0) is 14.4 Å². The van der Waals surface area contributed by atoms with Gasteiger partial charge < -0.3 is 4.74 Å². The average Bonchev–Trinajstić information content (AvgIpc) is 3.71. The number of anilines is 1. The number of carbonyl (C=O) groups is 3. The first kappa shape index (κ1) is 26.8. The molecule has 1 aliphatic carbocycles. The van der Waals surface area contributed by atoms with Crippen LogP contribution in [0.1, 0.15) is 36.4 Å². The van der Waals surface area contributed by atoms with E-state index >= 15 is 0 Å². The van der Waals surface area contributed by atoms with Crippen LogP contribution in [0.3, 0.4) is 0 Å². The van der Waals surface area contributed by atoms with Gasteiger partial charge in [-0.1, -0.05) is 78.0 Å². The Morgan fingerprint density at radius 1 is 0.930 bits per heavy atom. The van der Waals surface area contributed by atoms with E-state index in [2.05, 4.69) is 28.5 Å². The Kier molecular flexibility index (Phi) is 6.81. The van der Waals surface area contributed by atoms with Gasteiger partial charge in [0.15, 0.2) is 12.1 Å². The van der Waals surface area contributed by atoms with Crippen molar-refractivity contribution >= 4 is 35.2 Å². The maximum absolute atomic E-state index is 14.0. The van der Waals surface area contributed by atoms with Crippen molar-refractivity contribution in [2.75, 3.05) is 18.6 Å². The average molecular weight is 575 g/mol. The van der Waals surface area contributed by atoms with Gasteiger partial charge in [0.25, 0.3) is 17.7 Å². The molecule has 0 N–H and O–H groups in total. The van der Waals surface area contributed by atoms with Crippen molar-refractivity contribution in [1.29, 1.82) is 0 Å². The Labute approximate surface area is 248 Å². The number of benzene rings is 3. The molecule has 7 rings (SSSR count). The maximum atomic E-state index is 14.0. The fourth-order valence-electron chi connectivity index (χ4n) is 6.56. The number of methoxy groups -OCH3 is 1. The summed E-state index contributed by atoms with van der Waals surface area (Å²) >= 11 is 0. The fourth-order valence-corrected chi connectivity index (χ4v) is 6.56. The predicted molar refractivity (Wildman–Crippen MR) is 160 cm³/mol. The summed E-state index contributed by atoms with van der Waals surface area (Å²) in [5.74, 6) is -0.872. The number of hydrazone groups is 1. The molecule has 0 aromatic heterocycles. The molecule has 2 fully saturated rings. The molecule has 0 radical (unpaired) electrons. The lowest BCUT2D eigenvalue weighted by Crippen LogP contribution is -2.45. The summed E-state index contributed by atoms with van der Waals surface area (Å²) in [7, 11) is 1.48. The number of ether oxygens (including phenoxy) is 1. The molecule has 3 aliphatic heterocycles. The van der Waals surface area contributed by atoms with Crippen LogP contribution in [0.5, 0.6) is 5.75 Å². The number of rotatable bonds is 6. The van der Waals surface area contributed by atoms with Crippen LogP contribution in [0.15, 0.2) is 106 Å². The second-order valence-electron chi connectivity index (χ2n) is 11.0. The van der Waals surface area contributed by atoms with Crippen molar-refractivity contribution in [3.8, 4) is 5.75 Å². The smallest absolute Gasteiger partial charge is 0.264 e. The van der Waals surface area contributed by atoms with E-state index in [0.717, 1.165) is 46.6 Å². The van der Waals surface area contributed by atoms with Crippen LogP contribution in [0.2, 0.25) is 0 Å². The molecule has 10 heteroatoms. The van der Waals surface area contributed by atoms with E-state index in [1.54, 1.807) is 29.3 Å². The first-order valence-electron chi connectivity index (χ1n) is 14.4. The van der Waals surface area contributed by atoms with Gasteiger partial charge in [0.05, 0.1) is 24.6 Å². The highest BCUT2D eigenvalue weighted by Gasteiger charge is 2.56. The Balaban J connectivity index is 1.18. The Morgan fingerprint density at radius 2 is 1.65 bits per heavy atom. The SMILES string of the molecule is COc1ccccc1N1C(=O)[C@H]2N=NN(CC(=O)N3N=C4/C(=C/c5ccccc5)CCC[C@H]4[C@H]3c3ccccc3)[C@H]2C1=O. The summed E-state index contributed by atoms with van der Waals surface area (Å²) < 4.78 is 5.39. The quantitative estimate of drug-likeness (QED) is 0.393. The van der Waals surface area contributed by atoms with Crippen molar-refractivity contribution in [3.63, 3.8) is 0 Å². The van der Waals surface area contributed by atoms with E-state index in [1.165, 1.54) is 12.1 Å². The van der Waals surface area contributed by atoms with E-state index < -0.39 is 23.9 Å². The summed E-state index contributed by atoms with van der Waals surface area (Å²) in [6, 6.07) is 24.6. The molecule has 3 amide bonds. The molecule has 1 saturated heterocycles. The van der Waals surface area contributed by atoms with Crippen molar-refractivity contribution in [2.24, 2.45) is 21.4 Å². The molecule has 43 heavy (non-hydrogen) atoms. The van der Waals surface area contributed by atoms with E-state index in [9.17, 15) is 14.4 Å².